The summed E-state index contributed by atoms with van der Waals surface area (Å²) < 4.78 is 7.52. The number of aromatic nitrogens is 2. The van der Waals surface area contributed by atoms with Crippen LogP contribution in [0, 0.1) is 6.92 Å². The van der Waals surface area contributed by atoms with Crippen molar-refractivity contribution in [1.29, 1.82) is 0 Å². The van der Waals surface area contributed by atoms with Crippen molar-refractivity contribution in [3.05, 3.63) is 47.3 Å². The smallest absolute Gasteiger partial charge is 0.170 e. The van der Waals surface area contributed by atoms with Crippen molar-refractivity contribution in [2.75, 3.05) is 6.61 Å². The predicted molar refractivity (Wildman–Crippen MR) is 76.1 cm³/mol. The lowest BCUT2D eigenvalue weighted by atomic mass is 10.1. The molecule has 2 rings (SSSR count). The van der Waals surface area contributed by atoms with Gasteiger partial charge in [0.15, 0.2) is 5.84 Å². The van der Waals surface area contributed by atoms with Gasteiger partial charge in [-0.3, -0.25) is 4.68 Å². The molecule has 1 heterocycles. The first kappa shape index (κ1) is 13.9. The fraction of sp³-hybridized carbons (Fsp3) is 0.286. The molecule has 0 aliphatic carbocycles. The Morgan fingerprint density at radius 2 is 2.30 bits per heavy atom. The number of hydrogen-bond donors (Lipinski definition) is 2. The molecule has 0 atom stereocenters. The summed E-state index contributed by atoms with van der Waals surface area (Å²) in [6, 6.07) is 5.44. The van der Waals surface area contributed by atoms with Crippen LogP contribution in [-0.4, -0.2) is 27.4 Å². The van der Waals surface area contributed by atoms with Gasteiger partial charge < -0.3 is 15.7 Å². The highest BCUT2D eigenvalue weighted by molar-refractivity contribution is 5.97. The molecule has 1 aromatic heterocycles. The summed E-state index contributed by atoms with van der Waals surface area (Å²) in [5, 5.41) is 15.8. The zero-order chi connectivity index (χ0) is 14.5. The van der Waals surface area contributed by atoms with E-state index in [1.54, 1.807) is 16.8 Å². The van der Waals surface area contributed by atoms with Crippen LogP contribution in [0.25, 0.3) is 0 Å². The van der Waals surface area contributed by atoms with E-state index in [0.717, 1.165) is 23.3 Å². The molecule has 0 fully saturated rings. The standard InChI is InChI=1S/C14H18N4O2/c1-10-3-4-12(14(15)17-19)7-13(10)20-6-5-11-8-16-18(2)9-11/h3-4,7-9,19H,5-6H2,1-2H3,(H2,15,17). The maximum absolute atomic E-state index is 8.69. The molecule has 2 aromatic rings. The second kappa shape index (κ2) is 6.10. The van der Waals surface area contributed by atoms with E-state index < -0.39 is 0 Å². The van der Waals surface area contributed by atoms with Crippen molar-refractivity contribution in [3.8, 4) is 5.75 Å². The van der Waals surface area contributed by atoms with E-state index >= 15 is 0 Å². The largest absolute Gasteiger partial charge is 0.493 e. The van der Waals surface area contributed by atoms with Crippen LogP contribution in [0.2, 0.25) is 0 Å². The van der Waals surface area contributed by atoms with Gasteiger partial charge in [-0.05, 0) is 24.1 Å². The summed E-state index contributed by atoms with van der Waals surface area (Å²) in [6.07, 6.45) is 4.56. The summed E-state index contributed by atoms with van der Waals surface area (Å²) in [5.41, 5.74) is 8.33. The average molecular weight is 274 g/mol. The van der Waals surface area contributed by atoms with Crippen molar-refractivity contribution in [2.24, 2.45) is 17.9 Å². The van der Waals surface area contributed by atoms with Crippen molar-refractivity contribution in [3.63, 3.8) is 0 Å². The van der Waals surface area contributed by atoms with Crippen LogP contribution in [0.4, 0.5) is 0 Å². The third-order valence-electron chi connectivity index (χ3n) is 3.00. The first-order chi connectivity index (χ1) is 9.60. The third-order valence-corrected chi connectivity index (χ3v) is 3.00. The minimum absolute atomic E-state index is 0.0714. The number of hydrogen-bond acceptors (Lipinski definition) is 4. The number of rotatable bonds is 5. The quantitative estimate of drug-likeness (QED) is 0.374. The Morgan fingerprint density at radius 1 is 1.50 bits per heavy atom. The van der Waals surface area contributed by atoms with E-state index in [1.807, 2.05) is 32.4 Å². The van der Waals surface area contributed by atoms with Crippen LogP contribution in [0.3, 0.4) is 0 Å². The van der Waals surface area contributed by atoms with Crippen LogP contribution in [0.15, 0.2) is 35.7 Å². The van der Waals surface area contributed by atoms with Gasteiger partial charge in [0.2, 0.25) is 0 Å². The second-order valence-electron chi connectivity index (χ2n) is 4.59. The Bertz CT molecular complexity index is 619. The minimum atomic E-state index is 0.0714. The van der Waals surface area contributed by atoms with E-state index in [2.05, 4.69) is 10.3 Å². The van der Waals surface area contributed by atoms with Crippen molar-refractivity contribution < 1.29 is 9.94 Å². The minimum Gasteiger partial charge on any atom is -0.493 e. The molecule has 0 spiro atoms. The lowest BCUT2D eigenvalue weighted by Gasteiger charge is -2.10. The fourth-order valence-electron chi connectivity index (χ4n) is 1.85. The lowest BCUT2D eigenvalue weighted by molar-refractivity contribution is 0.317. The van der Waals surface area contributed by atoms with Gasteiger partial charge in [-0.25, -0.2) is 0 Å². The van der Waals surface area contributed by atoms with E-state index in [1.165, 1.54) is 0 Å². The van der Waals surface area contributed by atoms with E-state index in [4.69, 9.17) is 15.7 Å². The highest BCUT2D eigenvalue weighted by atomic mass is 16.5. The lowest BCUT2D eigenvalue weighted by Crippen LogP contribution is -2.13. The molecule has 6 nitrogen and oxygen atoms in total. The third kappa shape index (κ3) is 3.28. The second-order valence-corrected chi connectivity index (χ2v) is 4.59. The van der Waals surface area contributed by atoms with Crippen molar-refractivity contribution in [1.82, 2.24) is 9.78 Å². The molecule has 1 aromatic carbocycles. The zero-order valence-electron chi connectivity index (χ0n) is 11.6. The Balaban J connectivity index is 2.01. The predicted octanol–water partition coefficient (Wildman–Crippen LogP) is 1.44. The van der Waals surface area contributed by atoms with Crippen LogP contribution in [-0.2, 0) is 13.5 Å². The van der Waals surface area contributed by atoms with Gasteiger partial charge in [-0.1, -0.05) is 17.3 Å². The van der Waals surface area contributed by atoms with E-state index in [0.29, 0.717) is 12.2 Å². The molecule has 0 saturated heterocycles. The Morgan fingerprint density at radius 3 is 2.95 bits per heavy atom. The molecular formula is C14H18N4O2. The molecule has 0 radical (unpaired) electrons. The zero-order valence-corrected chi connectivity index (χ0v) is 11.6. The highest BCUT2D eigenvalue weighted by Gasteiger charge is 2.05. The van der Waals surface area contributed by atoms with Gasteiger partial charge in [0.1, 0.15) is 5.75 Å². The summed E-state index contributed by atoms with van der Waals surface area (Å²) >= 11 is 0. The van der Waals surface area contributed by atoms with Gasteiger partial charge in [0, 0.05) is 25.2 Å². The topological polar surface area (TPSA) is 85.7 Å². The Kier molecular flexibility index (Phi) is 4.24. The van der Waals surface area contributed by atoms with Gasteiger partial charge in [0.05, 0.1) is 12.8 Å². The summed E-state index contributed by atoms with van der Waals surface area (Å²) in [5.74, 6) is 0.806. The Hall–Kier alpha value is -2.50. The fourth-order valence-corrected chi connectivity index (χ4v) is 1.85. The maximum atomic E-state index is 8.69. The number of nitrogens with two attached hydrogens (primary N) is 1. The van der Waals surface area contributed by atoms with Crippen LogP contribution in [0.5, 0.6) is 5.75 Å². The summed E-state index contributed by atoms with van der Waals surface area (Å²) in [7, 11) is 1.88. The highest BCUT2D eigenvalue weighted by Crippen LogP contribution is 2.19. The first-order valence-corrected chi connectivity index (χ1v) is 6.29. The van der Waals surface area contributed by atoms with E-state index in [9.17, 15) is 0 Å². The van der Waals surface area contributed by atoms with Crippen molar-refractivity contribution in [2.45, 2.75) is 13.3 Å². The average Bonchev–Trinajstić information content (AvgIpc) is 2.85. The number of nitrogens with zero attached hydrogens (tertiary/aromatic N) is 3. The number of ether oxygens (including phenoxy) is 1. The maximum Gasteiger partial charge on any atom is 0.170 e. The van der Waals surface area contributed by atoms with Gasteiger partial charge in [-0.15, -0.1) is 0 Å². The summed E-state index contributed by atoms with van der Waals surface area (Å²) in [6.45, 7) is 2.50. The first-order valence-electron chi connectivity index (χ1n) is 6.29. The molecule has 3 N–H and O–H groups in total. The molecule has 0 saturated carbocycles. The van der Waals surface area contributed by atoms with Crippen LogP contribution >= 0.6 is 0 Å². The Labute approximate surface area is 117 Å². The molecule has 0 bridgehead atoms. The molecule has 0 aliphatic rings. The molecule has 0 unspecified atom stereocenters. The number of aryl methyl sites for hydroxylation is 2. The SMILES string of the molecule is Cc1ccc(/C(N)=N/O)cc1OCCc1cnn(C)c1. The van der Waals surface area contributed by atoms with Gasteiger partial charge >= 0.3 is 0 Å². The molecular weight excluding hydrogens is 256 g/mol. The molecule has 0 amide bonds. The van der Waals surface area contributed by atoms with Crippen molar-refractivity contribution >= 4 is 5.84 Å². The molecule has 0 aliphatic heterocycles. The molecule has 6 heteroatoms. The number of amidine groups is 1. The number of benzene rings is 1. The molecule has 20 heavy (non-hydrogen) atoms. The van der Waals surface area contributed by atoms with Crippen LogP contribution in [0.1, 0.15) is 16.7 Å². The normalized spacial score (nSPS) is 11.6. The van der Waals surface area contributed by atoms with Gasteiger partial charge in [0.25, 0.3) is 0 Å². The van der Waals surface area contributed by atoms with Gasteiger partial charge in [-0.2, -0.15) is 5.10 Å². The van der Waals surface area contributed by atoms with E-state index in [-0.39, 0.29) is 5.84 Å². The summed E-state index contributed by atoms with van der Waals surface area (Å²) in [4.78, 5) is 0. The monoisotopic (exact) mass is 274 g/mol. The number of oxime groups is 1. The molecule has 106 valence electrons. The van der Waals surface area contributed by atoms with Crippen LogP contribution < -0.4 is 10.5 Å².